The summed E-state index contributed by atoms with van der Waals surface area (Å²) in [6, 6.07) is 4.96. The highest BCUT2D eigenvalue weighted by atomic mass is 32.1. The average molecular weight is 212 g/mol. The first-order valence-electron chi connectivity index (χ1n) is 5.18. The van der Waals surface area contributed by atoms with Crippen LogP contribution in [0.25, 0.3) is 0 Å². The molecule has 1 rings (SSSR count). The first-order valence-corrected chi connectivity index (χ1v) is 5.99. The summed E-state index contributed by atoms with van der Waals surface area (Å²) in [5.41, 5.74) is 0. The van der Waals surface area contributed by atoms with E-state index in [1.54, 1.807) is 0 Å². The van der Waals surface area contributed by atoms with Crippen molar-refractivity contribution >= 4 is 11.3 Å². The van der Waals surface area contributed by atoms with E-state index in [0.717, 1.165) is 19.6 Å². The SMILES string of the molecule is Cc1ccc(CNCCNC(C)C)s1. The standard InChI is InChI=1S/C11H20N2S/c1-9(2)13-7-6-12-8-11-5-4-10(3)14-11/h4-5,9,12-13H,6-8H2,1-3H3. The van der Waals surface area contributed by atoms with Gasteiger partial charge in [-0.25, -0.2) is 0 Å². The molecule has 0 amide bonds. The smallest absolute Gasteiger partial charge is 0.0300 e. The van der Waals surface area contributed by atoms with Gasteiger partial charge in [0.15, 0.2) is 0 Å². The average Bonchev–Trinajstić information content (AvgIpc) is 2.50. The van der Waals surface area contributed by atoms with Crippen LogP contribution in [0.5, 0.6) is 0 Å². The van der Waals surface area contributed by atoms with Gasteiger partial charge in [0.25, 0.3) is 0 Å². The maximum absolute atomic E-state index is 3.42. The van der Waals surface area contributed by atoms with E-state index in [2.05, 4.69) is 43.5 Å². The van der Waals surface area contributed by atoms with Crippen molar-refractivity contribution in [2.75, 3.05) is 13.1 Å². The van der Waals surface area contributed by atoms with E-state index in [0.29, 0.717) is 6.04 Å². The van der Waals surface area contributed by atoms with Crippen LogP contribution in [0.1, 0.15) is 23.6 Å². The first kappa shape index (κ1) is 11.7. The molecule has 2 N–H and O–H groups in total. The normalized spacial score (nSPS) is 11.1. The van der Waals surface area contributed by atoms with Gasteiger partial charge >= 0.3 is 0 Å². The Kier molecular flexibility index (Phi) is 5.15. The van der Waals surface area contributed by atoms with Gasteiger partial charge < -0.3 is 10.6 Å². The minimum atomic E-state index is 0.584. The molecule has 0 fully saturated rings. The molecule has 2 nitrogen and oxygen atoms in total. The van der Waals surface area contributed by atoms with Gasteiger partial charge in [-0.1, -0.05) is 13.8 Å². The summed E-state index contributed by atoms with van der Waals surface area (Å²) in [6.07, 6.45) is 0. The van der Waals surface area contributed by atoms with Gasteiger partial charge in [-0.3, -0.25) is 0 Å². The van der Waals surface area contributed by atoms with Crippen LogP contribution in [-0.2, 0) is 6.54 Å². The van der Waals surface area contributed by atoms with E-state index in [4.69, 9.17) is 0 Å². The topological polar surface area (TPSA) is 24.1 Å². The molecule has 0 aromatic carbocycles. The largest absolute Gasteiger partial charge is 0.313 e. The van der Waals surface area contributed by atoms with E-state index in [9.17, 15) is 0 Å². The summed E-state index contributed by atoms with van der Waals surface area (Å²) in [5, 5.41) is 6.80. The zero-order valence-electron chi connectivity index (χ0n) is 9.26. The molecule has 0 atom stereocenters. The molecule has 0 spiro atoms. The fourth-order valence-electron chi connectivity index (χ4n) is 1.24. The third-order valence-electron chi connectivity index (χ3n) is 1.95. The number of nitrogens with one attached hydrogen (secondary N) is 2. The molecule has 1 aromatic heterocycles. The molecule has 0 unspecified atom stereocenters. The van der Waals surface area contributed by atoms with Gasteiger partial charge in [0.1, 0.15) is 0 Å². The van der Waals surface area contributed by atoms with Crippen LogP contribution in [0, 0.1) is 6.92 Å². The lowest BCUT2D eigenvalue weighted by Crippen LogP contribution is -2.31. The van der Waals surface area contributed by atoms with Crippen molar-refractivity contribution in [2.24, 2.45) is 0 Å². The number of hydrogen-bond acceptors (Lipinski definition) is 3. The van der Waals surface area contributed by atoms with Crippen LogP contribution in [-0.4, -0.2) is 19.1 Å². The van der Waals surface area contributed by atoms with Gasteiger partial charge in [0.2, 0.25) is 0 Å². The van der Waals surface area contributed by atoms with Crippen LogP contribution in [0.2, 0.25) is 0 Å². The molecular formula is C11H20N2S. The van der Waals surface area contributed by atoms with Crippen molar-refractivity contribution in [3.05, 3.63) is 21.9 Å². The van der Waals surface area contributed by atoms with Crippen LogP contribution in [0.4, 0.5) is 0 Å². The third kappa shape index (κ3) is 4.74. The second-order valence-corrected chi connectivity index (χ2v) is 5.17. The van der Waals surface area contributed by atoms with E-state index >= 15 is 0 Å². The van der Waals surface area contributed by atoms with E-state index in [-0.39, 0.29) is 0 Å². The van der Waals surface area contributed by atoms with Gasteiger partial charge in [0, 0.05) is 35.4 Å². The lowest BCUT2D eigenvalue weighted by Gasteiger charge is -2.08. The Morgan fingerprint density at radius 3 is 2.64 bits per heavy atom. The third-order valence-corrected chi connectivity index (χ3v) is 2.95. The Balaban J connectivity index is 2.04. The summed E-state index contributed by atoms with van der Waals surface area (Å²) < 4.78 is 0. The van der Waals surface area contributed by atoms with E-state index < -0.39 is 0 Å². The van der Waals surface area contributed by atoms with Gasteiger partial charge in [-0.2, -0.15) is 0 Å². The zero-order chi connectivity index (χ0) is 10.4. The Labute approximate surface area is 90.7 Å². The van der Waals surface area contributed by atoms with Crippen LogP contribution in [0.15, 0.2) is 12.1 Å². The van der Waals surface area contributed by atoms with Gasteiger partial charge in [-0.05, 0) is 19.1 Å². The number of rotatable bonds is 6. The molecule has 0 bridgehead atoms. The molecule has 3 heteroatoms. The number of thiophene rings is 1. The van der Waals surface area contributed by atoms with Crippen LogP contribution < -0.4 is 10.6 Å². The molecule has 0 saturated carbocycles. The molecule has 1 aromatic rings. The zero-order valence-corrected chi connectivity index (χ0v) is 10.1. The number of aryl methyl sites for hydroxylation is 1. The van der Waals surface area contributed by atoms with Crippen LogP contribution >= 0.6 is 11.3 Å². The summed E-state index contributed by atoms with van der Waals surface area (Å²) >= 11 is 1.87. The lowest BCUT2D eigenvalue weighted by molar-refractivity contribution is 0.557. The summed E-state index contributed by atoms with van der Waals surface area (Å²) in [5.74, 6) is 0. The Bertz CT molecular complexity index is 256. The van der Waals surface area contributed by atoms with Crippen LogP contribution in [0.3, 0.4) is 0 Å². The molecule has 1 heterocycles. The number of hydrogen-bond donors (Lipinski definition) is 2. The minimum Gasteiger partial charge on any atom is -0.313 e. The van der Waals surface area contributed by atoms with E-state index in [1.165, 1.54) is 9.75 Å². The van der Waals surface area contributed by atoms with Gasteiger partial charge in [-0.15, -0.1) is 11.3 Å². The molecule has 0 radical (unpaired) electrons. The van der Waals surface area contributed by atoms with Gasteiger partial charge in [0.05, 0.1) is 0 Å². The van der Waals surface area contributed by atoms with Crippen molar-refractivity contribution in [1.82, 2.24) is 10.6 Å². The van der Waals surface area contributed by atoms with Crippen molar-refractivity contribution in [2.45, 2.75) is 33.4 Å². The summed E-state index contributed by atoms with van der Waals surface area (Å²) in [7, 11) is 0. The Morgan fingerprint density at radius 1 is 1.29 bits per heavy atom. The fraction of sp³-hybridized carbons (Fsp3) is 0.636. The van der Waals surface area contributed by atoms with Crippen molar-refractivity contribution in [1.29, 1.82) is 0 Å². The molecule has 0 aliphatic rings. The second-order valence-electron chi connectivity index (χ2n) is 3.80. The molecule has 80 valence electrons. The maximum Gasteiger partial charge on any atom is 0.0300 e. The maximum atomic E-state index is 3.42. The molecule has 0 saturated heterocycles. The van der Waals surface area contributed by atoms with Crippen molar-refractivity contribution in [3.8, 4) is 0 Å². The molecular weight excluding hydrogens is 192 g/mol. The van der Waals surface area contributed by atoms with E-state index in [1.807, 2.05) is 11.3 Å². The second kappa shape index (κ2) is 6.17. The quantitative estimate of drug-likeness (QED) is 0.706. The first-order chi connectivity index (χ1) is 6.68. The predicted molar refractivity (Wildman–Crippen MR) is 63.9 cm³/mol. The monoisotopic (exact) mass is 212 g/mol. The highest BCUT2D eigenvalue weighted by Crippen LogP contribution is 2.14. The Morgan fingerprint density at radius 2 is 2.07 bits per heavy atom. The fourth-order valence-corrected chi connectivity index (χ4v) is 2.10. The molecule has 0 aliphatic heterocycles. The predicted octanol–water partition coefficient (Wildman–Crippen LogP) is 2.14. The molecule has 0 aliphatic carbocycles. The lowest BCUT2D eigenvalue weighted by atomic mass is 10.4. The van der Waals surface area contributed by atoms with Crippen molar-refractivity contribution in [3.63, 3.8) is 0 Å². The summed E-state index contributed by atoms with van der Waals surface area (Å²) in [6.45, 7) is 9.56. The molecule has 14 heavy (non-hydrogen) atoms. The Hall–Kier alpha value is -0.380. The highest BCUT2D eigenvalue weighted by Gasteiger charge is 1.95. The van der Waals surface area contributed by atoms with Crippen molar-refractivity contribution < 1.29 is 0 Å². The highest BCUT2D eigenvalue weighted by molar-refractivity contribution is 7.11. The summed E-state index contributed by atoms with van der Waals surface area (Å²) in [4.78, 5) is 2.81. The minimum absolute atomic E-state index is 0.584.